The van der Waals surface area contributed by atoms with Gasteiger partial charge in [-0.05, 0) is 24.6 Å². The molecule has 5 amide bonds. The van der Waals surface area contributed by atoms with Gasteiger partial charge >= 0.3 is 6.03 Å². The third-order valence-electron chi connectivity index (χ3n) is 6.09. The van der Waals surface area contributed by atoms with E-state index in [0.717, 1.165) is 16.0 Å². The minimum absolute atomic E-state index is 0.0799. The number of anilines is 1. The number of hydrogen-bond acceptors (Lipinski definition) is 4. The van der Waals surface area contributed by atoms with Crippen LogP contribution in [-0.2, 0) is 20.8 Å². The van der Waals surface area contributed by atoms with E-state index in [-0.39, 0.29) is 37.0 Å². The maximum absolute atomic E-state index is 13.7. The second kappa shape index (κ2) is 8.45. The fourth-order valence-electron chi connectivity index (χ4n) is 4.27. The normalized spacial score (nSPS) is 21.0. The first-order valence-electron chi connectivity index (χ1n) is 10.6. The summed E-state index contributed by atoms with van der Waals surface area (Å²) < 4.78 is 0. The molecule has 32 heavy (non-hydrogen) atoms. The molecule has 0 N–H and O–H groups in total. The number of rotatable bonds is 4. The van der Waals surface area contributed by atoms with Gasteiger partial charge in [-0.25, -0.2) is 9.69 Å². The van der Waals surface area contributed by atoms with E-state index in [1.807, 2.05) is 61.5 Å². The van der Waals surface area contributed by atoms with Crippen LogP contribution >= 0.6 is 0 Å². The molecule has 8 heteroatoms. The number of carbonyl (C=O) groups is 4. The molecular formula is C24H26N4O4. The van der Waals surface area contributed by atoms with Gasteiger partial charge in [-0.2, -0.15) is 0 Å². The number of likely N-dealkylation sites (tertiary alicyclic amines) is 1. The molecule has 2 atom stereocenters. The van der Waals surface area contributed by atoms with Crippen molar-refractivity contribution in [2.24, 2.45) is 0 Å². The molecule has 0 radical (unpaired) electrons. The molecule has 4 rings (SSSR count). The van der Waals surface area contributed by atoms with Crippen LogP contribution in [0.3, 0.4) is 0 Å². The Morgan fingerprint density at radius 2 is 1.56 bits per heavy atom. The van der Waals surface area contributed by atoms with E-state index in [1.165, 1.54) is 21.7 Å². The Labute approximate surface area is 187 Å². The summed E-state index contributed by atoms with van der Waals surface area (Å²) in [5.74, 6) is -1.07. The van der Waals surface area contributed by atoms with Crippen molar-refractivity contribution in [1.29, 1.82) is 0 Å². The number of urea groups is 1. The number of aryl methyl sites for hydroxylation is 1. The maximum atomic E-state index is 13.7. The lowest BCUT2D eigenvalue weighted by Gasteiger charge is -2.37. The minimum atomic E-state index is -1.08. The third kappa shape index (κ3) is 3.72. The molecule has 0 spiro atoms. The Bertz CT molecular complexity index is 1040. The Kier molecular flexibility index (Phi) is 5.69. The predicted molar refractivity (Wildman–Crippen MR) is 118 cm³/mol. The molecule has 1 unspecified atom stereocenters. The lowest BCUT2D eigenvalue weighted by Crippen LogP contribution is -2.58. The van der Waals surface area contributed by atoms with Crippen LogP contribution in [0.4, 0.5) is 10.5 Å². The molecule has 2 aromatic rings. The maximum Gasteiger partial charge on any atom is 0.328 e. The fraction of sp³-hybridized carbons (Fsp3) is 0.333. The summed E-state index contributed by atoms with van der Waals surface area (Å²) in [5, 5.41) is 0. The molecule has 166 valence electrons. The average molecular weight is 434 g/mol. The topological polar surface area (TPSA) is 81.2 Å². The van der Waals surface area contributed by atoms with Gasteiger partial charge < -0.3 is 4.90 Å². The largest absolute Gasteiger partial charge is 0.328 e. The summed E-state index contributed by atoms with van der Waals surface area (Å²) in [7, 11) is 3.16. The summed E-state index contributed by atoms with van der Waals surface area (Å²) >= 11 is 0. The van der Waals surface area contributed by atoms with Crippen molar-refractivity contribution in [3.8, 4) is 0 Å². The van der Waals surface area contributed by atoms with Crippen LogP contribution in [0.2, 0.25) is 0 Å². The molecule has 8 nitrogen and oxygen atoms in total. The van der Waals surface area contributed by atoms with Gasteiger partial charge in [0.15, 0.2) is 6.29 Å². The van der Waals surface area contributed by atoms with Gasteiger partial charge in [0, 0.05) is 39.0 Å². The van der Waals surface area contributed by atoms with Gasteiger partial charge in [0.2, 0.25) is 17.7 Å². The summed E-state index contributed by atoms with van der Waals surface area (Å²) in [6, 6.07) is 15.5. The lowest BCUT2D eigenvalue weighted by molar-refractivity contribution is -0.149. The van der Waals surface area contributed by atoms with Crippen molar-refractivity contribution in [2.45, 2.75) is 38.5 Å². The SMILES string of the molecule is Cc1ccc(N(C)C(=O)N2C(N3C(=O)CCC3=O)N(C)C(=O)[C@@H]2Cc2ccccc2)cc1. The van der Waals surface area contributed by atoms with Crippen LogP contribution in [0.1, 0.15) is 24.0 Å². The van der Waals surface area contributed by atoms with E-state index < -0.39 is 18.4 Å². The molecule has 2 heterocycles. The highest BCUT2D eigenvalue weighted by atomic mass is 16.2. The first kappa shape index (κ1) is 21.5. The molecule has 0 bridgehead atoms. The van der Waals surface area contributed by atoms with Gasteiger partial charge in [-0.3, -0.25) is 24.2 Å². The lowest BCUT2D eigenvalue weighted by atomic mass is 10.1. The Morgan fingerprint density at radius 1 is 0.969 bits per heavy atom. The Morgan fingerprint density at radius 3 is 2.16 bits per heavy atom. The Hall–Kier alpha value is -3.68. The smallest absolute Gasteiger partial charge is 0.305 e. The molecule has 2 aliphatic heterocycles. The van der Waals surface area contributed by atoms with E-state index >= 15 is 0 Å². The second-order valence-electron chi connectivity index (χ2n) is 8.24. The number of likely N-dealkylation sites (N-methyl/N-ethyl adjacent to an activating group) is 1. The summed E-state index contributed by atoms with van der Waals surface area (Å²) in [4.78, 5) is 57.3. The number of nitrogens with zero attached hydrogens (tertiary/aromatic N) is 4. The third-order valence-corrected chi connectivity index (χ3v) is 6.09. The summed E-state index contributed by atoms with van der Waals surface area (Å²) in [5.41, 5.74) is 2.59. The zero-order valence-corrected chi connectivity index (χ0v) is 18.4. The van der Waals surface area contributed by atoms with Crippen LogP contribution in [0, 0.1) is 6.92 Å². The number of amides is 5. The number of imide groups is 1. The average Bonchev–Trinajstić information content (AvgIpc) is 3.24. The van der Waals surface area contributed by atoms with Crippen LogP contribution in [0.25, 0.3) is 0 Å². The van der Waals surface area contributed by atoms with E-state index in [9.17, 15) is 19.2 Å². The standard InChI is InChI=1S/C24H26N4O4/c1-16-9-11-18(12-10-16)25(2)24(32)27-19(15-17-7-5-4-6-8-17)22(31)26(3)23(27)28-20(29)13-14-21(28)30/h4-12,19,23H,13-15H2,1-3H3/t19-,23?/m0/s1. The van der Waals surface area contributed by atoms with Crippen LogP contribution in [-0.4, -0.2) is 64.9 Å². The van der Waals surface area contributed by atoms with E-state index in [4.69, 9.17) is 0 Å². The van der Waals surface area contributed by atoms with Crippen molar-refractivity contribution in [1.82, 2.24) is 14.7 Å². The summed E-state index contributed by atoms with van der Waals surface area (Å²) in [6.45, 7) is 1.95. The van der Waals surface area contributed by atoms with E-state index in [0.29, 0.717) is 5.69 Å². The van der Waals surface area contributed by atoms with Crippen molar-refractivity contribution in [3.05, 3.63) is 65.7 Å². The number of benzene rings is 2. The van der Waals surface area contributed by atoms with Crippen LogP contribution in [0.5, 0.6) is 0 Å². The van der Waals surface area contributed by atoms with Crippen molar-refractivity contribution in [2.75, 3.05) is 19.0 Å². The fourth-order valence-corrected chi connectivity index (χ4v) is 4.27. The number of hydrogen-bond donors (Lipinski definition) is 0. The highest BCUT2D eigenvalue weighted by molar-refractivity contribution is 6.04. The Balaban J connectivity index is 1.74. The molecule has 0 saturated carbocycles. The molecule has 0 aromatic heterocycles. The minimum Gasteiger partial charge on any atom is -0.305 e. The highest BCUT2D eigenvalue weighted by Gasteiger charge is 2.53. The summed E-state index contributed by atoms with van der Waals surface area (Å²) in [6.07, 6.45) is -0.642. The first-order chi connectivity index (χ1) is 15.3. The molecule has 2 fully saturated rings. The van der Waals surface area contributed by atoms with Gasteiger partial charge in [-0.15, -0.1) is 0 Å². The zero-order chi connectivity index (χ0) is 23.0. The molecule has 2 aliphatic rings. The highest BCUT2D eigenvalue weighted by Crippen LogP contribution is 2.31. The van der Waals surface area contributed by atoms with E-state index in [2.05, 4.69) is 0 Å². The van der Waals surface area contributed by atoms with Crippen molar-refractivity contribution >= 4 is 29.4 Å². The van der Waals surface area contributed by atoms with Crippen molar-refractivity contribution in [3.63, 3.8) is 0 Å². The van der Waals surface area contributed by atoms with Gasteiger partial charge in [0.05, 0.1) is 0 Å². The van der Waals surface area contributed by atoms with Gasteiger partial charge in [0.1, 0.15) is 6.04 Å². The zero-order valence-electron chi connectivity index (χ0n) is 18.4. The van der Waals surface area contributed by atoms with Gasteiger partial charge in [0.25, 0.3) is 0 Å². The quantitative estimate of drug-likeness (QED) is 0.692. The first-order valence-corrected chi connectivity index (χ1v) is 10.6. The molecular weight excluding hydrogens is 408 g/mol. The van der Waals surface area contributed by atoms with Crippen molar-refractivity contribution < 1.29 is 19.2 Å². The molecule has 2 aromatic carbocycles. The number of carbonyl (C=O) groups excluding carboxylic acids is 4. The van der Waals surface area contributed by atoms with Crippen LogP contribution in [0.15, 0.2) is 54.6 Å². The van der Waals surface area contributed by atoms with E-state index in [1.54, 1.807) is 7.05 Å². The molecule has 0 aliphatic carbocycles. The second-order valence-corrected chi connectivity index (χ2v) is 8.24. The monoisotopic (exact) mass is 434 g/mol. The van der Waals surface area contributed by atoms with Crippen LogP contribution < -0.4 is 4.90 Å². The van der Waals surface area contributed by atoms with Gasteiger partial charge in [-0.1, -0.05) is 48.0 Å². The molecule has 2 saturated heterocycles. The predicted octanol–water partition coefficient (Wildman–Crippen LogP) is 2.37.